The maximum atomic E-state index is 10.1. The Morgan fingerprint density at radius 2 is 1.48 bits per heavy atom. The molecule has 128 valence electrons. The van der Waals surface area contributed by atoms with Gasteiger partial charge in [-0.15, -0.1) is 0 Å². The molecule has 3 aromatic carbocycles. The maximum absolute atomic E-state index is 10.1. The van der Waals surface area contributed by atoms with E-state index >= 15 is 0 Å². The summed E-state index contributed by atoms with van der Waals surface area (Å²) in [6.45, 7) is 0. The summed E-state index contributed by atoms with van der Waals surface area (Å²) in [6.07, 6.45) is 1.49. The molecule has 0 heterocycles. The van der Waals surface area contributed by atoms with E-state index in [1.54, 1.807) is 24.3 Å². The summed E-state index contributed by atoms with van der Waals surface area (Å²) in [5.74, 6) is 0.861. The first kappa shape index (κ1) is 17.4. The van der Waals surface area contributed by atoms with Gasteiger partial charge in [-0.3, -0.25) is 0 Å². The van der Waals surface area contributed by atoms with E-state index in [0.29, 0.717) is 12.2 Å². The summed E-state index contributed by atoms with van der Waals surface area (Å²) in [5, 5.41) is 19.5. The van der Waals surface area contributed by atoms with Gasteiger partial charge in [0.2, 0.25) is 0 Å². The second kappa shape index (κ2) is 7.62. The zero-order chi connectivity index (χ0) is 17.8. The fourth-order valence-corrected chi connectivity index (χ4v) is 3.29. The van der Waals surface area contributed by atoms with Crippen LogP contribution in [0.3, 0.4) is 0 Å². The molecule has 3 rings (SSSR count). The molecule has 0 bridgehead atoms. The molecule has 0 amide bonds. The molecule has 0 fully saturated rings. The van der Waals surface area contributed by atoms with E-state index in [2.05, 4.69) is 28.1 Å². The van der Waals surface area contributed by atoms with Gasteiger partial charge in [-0.05, 0) is 59.4 Å². The second-order valence-electron chi connectivity index (χ2n) is 5.90. The summed E-state index contributed by atoms with van der Waals surface area (Å²) in [6, 6.07) is 19.1. The quantitative estimate of drug-likeness (QED) is 0.631. The van der Waals surface area contributed by atoms with Gasteiger partial charge in [-0.1, -0.05) is 52.3 Å². The molecule has 0 aliphatic heterocycles. The van der Waals surface area contributed by atoms with E-state index in [-0.39, 0.29) is 11.5 Å². The third-order valence-corrected chi connectivity index (χ3v) is 4.92. The molecule has 0 saturated carbocycles. The van der Waals surface area contributed by atoms with Crippen LogP contribution in [0, 0.1) is 0 Å². The van der Waals surface area contributed by atoms with E-state index in [1.807, 2.05) is 24.3 Å². The summed E-state index contributed by atoms with van der Waals surface area (Å²) in [5.41, 5.74) is 4.55. The number of ether oxygens (including phenoxy) is 1. The highest BCUT2D eigenvalue weighted by Gasteiger charge is 2.11. The molecular weight excluding hydrogens is 380 g/mol. The van der Waals surface area contributed by atoms with Crippen LogP contribution in [-0.4, -0.2) is 17.3 Å². The maximum Gasteiger partial charge on any atom is 0.161 e. The third-order valence-electron chi connectivity index (χ3n) is 4.18. The minimum absolute atomic E-state index is 0.136. The molecule has 2 N–H and O–H groups in total. The van der Waals surface area contributed by atoms with Crippen molar-refractivity contribution in [2.45, 2.75) is 12.8 Å². The van der Waals surface area contributed by atoms with E-state index in [0.717, 1.165) is 22.0 Å². The molecule has 0 unspecified atom stereocenters. The van der Waals surface area contributed by atoms with Crippen LogP contribution in [0.25, 0.3) is 0 Å². The number of phenols is 2. The Balaban J connectivity index is 1.89. The molecule has 0 radical (unpaired) electrons. The largest absolute Gasteiger partial charge is 0.508 e. The molecule has 0 saturated heterocycles. The first-order valence-electron chi connectivity index (χ1n) is 7.97. The van der Waals surface area contributed by atoms with Crippen LogP contribution in [0.15, 0.2) is 65.1 Å². The van der Waals surface area contributed by atoms with E-state index in [4.69, 9.17) is 4.74 Å². The van der Waals surface area contributed by atoms with Crippen LogP contribution in [-0.2, 0) is 12.8 Å². The minimum Gasteiger partial charge on any atom is -0.508 e. The van der Waals surface area contributed by atoms with Crippen LogP contribution in [0.2, 0.25) is 0 Å². The summed E-state index contributed by atoms with van der Waals surface area (Å²) < 4.78 is 6.05. The van der Waals surface area contributed by atoms with Crippen LogP contribution in [0.4, 0.5) is 0 Å². The molecule has 3 nitrogen and oxygen atoms in total. The lowest BCUT2D eigenvalue weighted by atomic mass is 9.95. The van der Waals surface area contributed by atoms with Crippen molar-refractivity contribution in [3.8, 4) is 17.2 Å². The van der Waals surface area contributed by atoms with Crippen LogP contribution >= 0.6 is 15.9 Å². The Morgan fingerprint density at radius 3 is 2.12 bits per heavy atom. The lowest BCUT2D eigenvalue weighted by molar-refractivity contribution is 0.373. The number of methoxy groups -OCH3 is 1. The van der Waals surface area contributed by atoms with Crippen molar-refractivity contribution in [2.75, 3.05) is 7.11 Å². The van der Waals surface area contributed by atoms with Crippen LogP contribution in [0.5, 0.6) is 17.2 Å². The highest BCUT2D eigenvalue weighted by atomic mass is 79.9. The Kier molecular flexibility index (Phi) is 5.29. The number of phenolic OH excluding ortho intramolecular Hbond substituents is 2. The number of rotatable bonds is 5. The highest BCUT2D eigenvalue weighted by molar-refractivity contribution is 9.10. The van der Waals surface area contributed by atoms with Crippen molar-refractivity contribution in [3.05, 3.63) is 87.4 Å². The van der Waals surface area contributed by atoms with Gasteiger partial charge >= 0.3 is 0 Å². The van der Waals surface area contributed by atoms with Crippen LogP contribution in [0.1, 0.15) is 22.3 Å². The van der Waals surface area contributed by atoms with Crippen molar-refractivity contribution in [1.82, 2.24) is 0 Å². The molecule has 0 aromatic heterocycles. The normalized spacial score (nSPS) is 10.6. The molecule has 0 atom stereocenters. The lowest BCUT2D eigenvalue weighted by Gasteiger charge is -2.13. The molecule has 0 aliphatic rings. The molecule has 25 heavy (non-hydrogen) atoms. The van der Waals surface area contributed by atoms with Gasteiger partial charge in [-0.25, -0.2) is 0 Å². The number of aromatic hydroxyl groups is 2. The second-order valence-corrected chi connectivity index (χ2v) is 6.76. The van der Waals surface area contributed by atoms with Crippen molar-refractivity contribution < 1.29 is 14.9 Å². The predicted octanol–water partition coefficient (Wildman–Crippen LogP) is 5.05. The Labute approximate surface area is 155 Å². The van der Waals surface area contributed by atoms with Crippen molar-refractivity contribution in [1.29, 1.82) is 0 Å². The van der Waals surface area contributed by atoms with Crippen molar-refractivity contribution in [2.24, 2.45) is 0 Å². The molecule has 0 aliphatic carbocycles. The lowest BCUT2D eigenvalue weighted by Crippen LogP contribution is -1.98. The monoisotopic (exact) mass is 398 g/mol. The van der Waals surface area contributed by atoms with Gasteiger partial charge in [0.15, 0.2) is 11.5 Å². The number of hydrogen-bond acceptors (Lipinski definition) is 3. The van der Waals surface area contributed by atoms with Crippen molar-refractivity contribution >= 4 is 15.9 Å². The van der Waals surface area contributed by atoms with Gasteiger partial charge in [0.25, 0.3) is 0 Å². The zero-order valence-electron chi connectivity index (χ0n) is 13.9. The molecular formula is C21H19BrO3. The summed E-state index contributed by atoms with van der Waals surface area (Å²) >= 11 is 3.56. The van der Waals surface area contributed by atoms with E-state index in [9.17, 15) is 10.2 Å². The zero-order valence-corrected chi connectivity index (χ0v) is 15.5. The number of halogens is 1. The van der Waals surface area contributed by atoms with Crippen LogP contribution < -0.4 is 4.74 Å². The first-order chi connectivity index (χ1) is 12.1. The molecule has 0 spiro atoms. The van der Waals surface area contributed by atoms with E-state index < -0.39 is 0 Å². The first-order valence-corrected chi connectivity index (χ1v) is 8.76. The SMILES string of the molecule is COc1cc(Br)c(Cc2ccccc2Cc2ccc(O)cc2)cc1O. The Bertz CT molecular complexity index is 873. The standard InChI is InChI=1S/C21H19BrO3/c1-25-21-13-19(22)17(12-20(21)24)11-16-5-3-2-4-15(16)10-14-6-8-18(23)9-7-14/h2-9,12-13,23-24H,10-11H2,1H3. The summed E-state index contributed by atoms with van der Waals surface area (Å²) in [7, 11) is 1.54. The summed E-state index contributed by atoms with van der Waals surface area (Å²) in [4.78, 5) is 0. The Morgan fingerprint density at radius 1 is 0.840 bits per heavy atom. The topological polar surface area (TPSA) is 49.7 Å². The van der Waals surface area contributed by atoms with Gasteiger partial charge in [-0.2, -0.15) is 0 Å². The average molecular weight is 399 g/mol. The third kappa shape index (κ3) is 4.15. The van der Waals surface area contributed by atoms with Gasteiger partial charge in [0, 0.05) is 4.47 Å². The predicted molar refractivity (Wildman–Crippen MR) is 103 cm³/mol. The van der Waals surface area contributed by atoms with Gasteiger partial charge < -0.3 is 14.9 Å². The number of hydrogen-bond donors (Lipinski definition) is 2. The molecule has 3 aromatic rings. The fraction of sp³-hybridized carbons (Fsp3) is 0.143. The van der Waals surface area contributed by atoms with E-state index in [1.165, 1.54) is 18.2 Å². The highest BCUT2D eigenvalue weighted by Crippen LogP contribution is 2.34. The Hall–Kier alpha value is -2.46. The van der Waals surface area contributed by atoms with Gasteiger partial charge in [0.1, 0.15) is 5.75 Å². The van der Waals surface area contributed by atoms with Gasteiger partial charge in [0.05, 0.1) is 7.11 Å². The molecule has 4 heteroatoms. The smallest absolute Gasteiger partial charge is 0.161 e. The fourth-order valence-electron chi connectivity index (χ4n) is 2.83. The average Bonchev–Trinajstić information content (AvgIpc) is 2.61. The minimum atomic E-state index is 0.136. The number of benzene rings is 3. The van der Waals surface area contributed by atoms with Crippen molar-refractivity contribution in [3.63, 3.8) is 0 Å².